The molecule has 1 aromatic rings. The van der Waals surface area contributed by atoms with Gasteiger partial charge in [0.15, 0.2) is 0 Å². The molecule has 1 saturated carbocycles. The van der Waals surface area contributed by atoms with Gasteiger partial charge in [-0.2, -0.15) is 0 Å². The molecule has 2 unspecified atom stereocenters. The van der Waals surface area contributed by atoms with Crippen molar-refractivity contribution in [3.05, 3.63) is 35.9 Å². The molecular formula is C13H18O2. The van der Waals surface area contributed by atoms with Crippen molar-refractivity contribution in [2.24, 2.45) is 0 Å². The molecule has 2 nitrogen and oxygen atoms in total. The second kappa shape index (κ2) is 4.33. The van der Waals surface area contributed by atoms with E-state index in [0.29, 0.717) is 12.8 Å². The van der Waals surface area contributed by atoms with Crippen molar-refractivity contribution in [3.63, 3.8) is 0 Å². The normalized spacial score (nSPS) is 31.5. The molecule has 0 saturated heterocycles. The van der Waals surface area contributed by atoms with Gasteiger partial charge < -0.3 is 10.2 Å². The van der Waals surface area contributed by atoms with E-state index in [-0.39, 0.29) is 0 Å². The van der Waals surface area contributed by atoms with Gasteiger partial charge in [0, 0.05) is 6.42 Å². The highest BCUT2D eigenvalue weighted by molar-refractivity contribution is 5.18. The molecule has 2 atom stereocenters. The maximum atomic E-state index is 10.3. The summed E-state index contributed by atoms with van der Waals surface area (Å²) >= 11 is 0. The number of hydrogen-bond donors (Lipinski definition) is 2. The van der Waals surface area contributed by atoms with Crippen molar-refractivity contribution in [1.29, 1.82) is 0 Å². The van der Waals surface area contributed by atoms with E-state index in [9.17, 15) is 10.2 Å². The van der Waals surface area contributed by atoms with E-state index >= 15 is 0 Å². The molecule has 1 aliphatic rings. The Morgan fingerprint density at radius 1 is 1.20 bits per heavy atom. The van der Waals surface area contributed by atoms with E-state index < -0.39 is 11.7 Å². The average Bonchev–Trinajstić information content (AvgIpc) is 2.24. The van der Waals surface area contributed by atoms with Gasteiger partial charge >= 0.3 is 0 Å². The summed E-state index contributed by atoms with van der Waals surface area (Å²) < 4.78 is 0. The van der Waals surface area contributed by atoms with Crippen LogP contribution in [0.15, 0.2) is 30.3 Å². The SMILES string of the molecule is OC1CCCCC1(O)Cc1ccccc1. The van der Waals surface area contributed by atoms with Crippen LogP contribution in [0.5, 0.6) is 0 Å². The lowest BCUT2D eigenvalue weighted by Crippen LogP contribution is -2.46. The summed E-state index contributed by atoms with van der Waals surface area (Å²) in [5, 5.41) is 20.2. The third-order valence-corrected chi connectivity index (χ3v) is 3.31. The zero-order valence-electron chi connectivity index (χ0n) is 8.89. The summed E-state index contributed by atoms with van der Waals surface area (Å²) in [4.78, 5) is 0. The van der Waals surface area contributed by atoms with Gasteiger partial charge in [-0.3, -0.25) is 0 Å². The molecule has 2 rings (SSSR count). The van der Waals surface area contributed by atoms with Gasteiger partial charge in [-0.25, -0.2) is 0 Å². The first-order valence-electron chi connectivity index (χ1n) is 5.65. The minimum absolute atomic E-state index is 0.563. The van der Waals surface area contributed by atoms with Crippen LogP contribution in [0.2, 0.25) is 0 Å². The molecule has 2 N–H and O–H groups in total. The summed E-state index contributed by atoms with van der Waals surface area (Å²) in [7, 11) is 0. The summed E-state index contributed by atoms with van der Waals surface area (Å²) in [5.74, 6) is 0. The van der Waals surface area contributed by atoms with Gasteiger partial charge in [0.1, 0.15) is 0 Å². The molecule has 82 valence electrons. The Morgan fingerprint density at radius 2 is 1.93 bits per heavy atom. The van der Waals surface area contributed by atoms with Gasteiger partial charge in [0.2, 0.25) is 0 Å². The van der Waals surface area contributed by atoms with Crippen LogP contribution in [-0.2, 0) is 6.42 Å². The minimum atomic E-state index is -0.903. The van der Waals surface area contributed by atoms with Crippen LogP contribution in [0, 0.1) is 0 Å². The second-order valence-electron chi connectivity index (χ2n) is 4.53. The maximum absolute atomic E-state index is 10.3. The Balaban J connectivity index is 2.09. The highest BCUT2D eigenvalue weighted by atomic mass is 16.3. The van der Waals surface area contributed by atoms with E-state index in [0.717, 1.165) is 24.8 Å². The molecule has 0 radical (unpaired) electrons. The topological polar surface area (TPSA) is 40.5 Å². The van der Waals surface area contributed by atoms with Crippen molar-refractivity contribution < 1.29 is 10.2 Å². The molecule has 1 aliphatic carbocycles. The first-order valence-corrected chi connectivity index (χ1v) is 5.65. The molecule has 2 heteroatoms. The van der Waals surface area contributed by atoms with E-state index in [1.807, 2.05) is 30.3 Å². The second-order valence-corrected chi connectivity index (χ2v) is 4.53. The lowest BCUT2D eigenvalue weighted by molar-refractivity contribution is -0.0988. The highest BCUT2D eigenvalue weighted by Gasteiger charge is 2.37. The van der Waals surface area contributed by atoms with Crippen LogP contribution in [0.3, 0.4) is 0 Å². The van der Waals surface area contributed by atoms with Gasteiger partial charge in [0.05, 0.1) is 11.7 Å². The Bertz CT molecular complexity index is 310. The molecule has 15 heavy (non-hydrogen) atoms. The molecule has 0 spiro atoms. The van der Waals surface area contributed by atoms with Gasteiger partial charge in [-0.15, -0.1) is 0 Å². The lowest BCUT2D eigenvalue weighted by atomic mass is 9.78. The Morgan fingerprint density at radius 3 is 2.60 bits per heavy atom. The predicted molar refractivity (Wildman–Crippen MR) is 59.6 cm³/mol. The quantitative estimate of drug-likeness (QED) is 0.775. The smallest absolute Gasteiger partial charge is 0.0945 e. The highest BCUT2D eigenvalue weighted by Crippen LogP contribution is 2.31. The van der Waals surface area contributed by atoms with Crippen LogP contribution in [-0.4, -0.2) is 21.9 Å². The number of aliphatic hydroxyl groups excluding tert-OH is 1. The van der Waals surface area contributed by atoms with Crippen LogP contribution in [0.4, 0.5) is 0 Å². The van der Waals surface area contributed by atoms with Crippen molar-refractivity contribution in [2.75, 3.05) is 0 Å². The van der Waals surface area contributed by atoms with Gasteiger partial charge in [-0.1, -0.05) is 43.2 Å². The van der Waals surface area contributed by atoms with E-state index in [1.54, 1.807) is 0 Å². The monoisotopic (exact) mass is 206 g/mol. The standard InChI is InChI=1S/C13H18O2/c14-12-8-4-5-9-13(12,15)10-11-6-2-1-3-7-11/h1-3,6-7,12,14-15H,4-5,8-10H2. The van der Waals surface area contributed by atoms with Gasteiger partial charge in [-0.05, 0) is 18.4 Å². The third kappa shape index (κ3) is 2.39. The zero-order valence-corrected chi connectivity index (χ0v) is 8.89. The molecule has 0 aromatic heterocycles. The zero-order chi connectivity index (χ0) is 10.7. The fraction of sp³-hybridized carbons (Fsp3) is 0.538. The number of hydrogen-bond acceptors (Lipinski definition) is 2. The Hall–Kier alpha value is -0.860. The first kappa shape index (κ1) is 10.7. The Labute approximate surface area is 90.6 Å². The summed E-state index contributed by atoms with van der Waals surface area (Å²) in [5.41, 5.74) is 0.195. The summed E-state index contributed by atoms with van der Waals surface area (Å²) in [6.07, 6.45) is 3.48. The minimum Gasteiger partial charge on any atom is -0.390 e. The van der Waals surface area contributed by atoms with Crippen molar-refractivity contribution in [1.82, 2.24) is 0 Å². The van der Waals surface area contributed by atoms with Crippen molar-refractivity contribution >= 4 is 0 Å². The van der Waals surface area contributed by atoms with E-state index in [1.165, 1.54) is 0 Å². The molecule has 1 fully saturated rings. The fourth-order valence-corrected chi connectivity index (χ4v) is 2.36. The number of benzene rings is 1. The summed E-state index contributed by atoms with van der Waals surface area (Å²) in [6, 6.07) is 9.89. The largest absolute Gasteiger partial charge is 0.390 e. The number of rotatable bonds is 2. The predicted octanol–water partition coefficient (Wildman–Crippen LogP) is 1.90. The molecule has 0 heterocycles. The van der Waals surface area contributed by atoms with Crippen molar-refractivity contribution in [3.8, 4) is 0 Å². The third-order valence-electron chi connectivity index (χ3n) is 3.31. The number of aliphatic hydroxyl groups is 2. The van der Waals surface area contributed by atoms with E-state index in [4.69, 9.17) is 0 Å². The van der Waals surface area contributed by atoms with Crippen molar-refractivity contribution in [2.45, 2.75) is 43.8 Å². The fourth-order valence-electron chi connectivity index (χ4n) is 2.36. The molecule has 0 bridgehead atoms. The molecule has 0 aliphatic heterocycles. The first-order chi connectivity index (χ1) is 7.21. The average molecular weight is 206 g/mol. The van der Waals surface area contributed by atoms with Gasteiger partial charge in [0.25, 0.3) is 0 Å². The van der Waals surface area contributed by atoms with E-state index in [2.05, 4.69) is 0 Å². The van der Waals surface area contributed by atoms with Crippen LogP contribution < -0.4 is 0 Å². The lowest BCUT2D eigenvalue weighted by Gasteiger charge is -2.37. The van der Waals surface area contributed by atoms with Crippen LogP contribution in [0.1, 0.15) is 31.2 Å². The molecule has 1 aromatic carbocycles. The maximum Gasteiger partial charge on any atom is 0.0945 e. The molecular weight excluding hydrogens is 188 g/mol. The Kier molecular flexibility index (Phi) is 3.08. The molecule has 0 amide bonds. The van der Waals surface area contributed by atoms with Crippen LogP contribution >= 0.6 is 0 Å². The summed E-state index contributed by atoms with van der Waals surface area (Å²) in [6.45, 7) is 0. The van der Waals surface area contributed by atoms with Crippen LogP contribution in [0.25, 0.3) is 0 Å².